The molecular formula is C54H60N2O14. The molecule has 0 aliphatic heterocycles. The molecule has 4 N–H and O–H groups in total. The van der Waals surface area contributed by atoms with Crippen LogP contribution in [-0.2, 0) is 20.9 Å². The third-order valence-corrected chi connectivity index (χ3v) is 10.7. The highest BCUT2D eigenvalue weighted by molar-refractivity contribution is 6.04. The fourth-order valence-electron chi connectivity index (χ4n) is 6.87. The average Bonchev–Trinajstić information content (AvgIpc) is 3.36. The van der Waals surface area contributed by atoms with E-state index in [0.717, 1.165) is 81.9 Å². The number of hydrogen-bond donors (Lipinski definition) is 3. The number of nitrogens with zero attached hydrogens (tertiary/aromatic N) is 1. The smallest absolute Gasteiger partial charge is 0.343 e. The number of carbonyl (C=O) groups is 5. The van der Waals surface area contributed by atoms with Crippen LogP contribution in [0, 0.1) is 10.1 Å². The molecule has 16 heteroatoms. The van der Waals surface area contributed by atoms with Gasteiger partial charge in [-0.15, -0.1) is 0 Å². The van der Waals surface area contributed by atoms with Crippen LogP contribution < -0.4 is 19.9 Å². The summed E-state index contributed by atoms with van der Waals surface area (Å²) in [7, 11) is 0. The van der Waals surface area contributed by atoms with Gasteiger partial charge in [-0.1, -0.05) is 114 Å². The molecule has 5 aromatic carbocycles. The molecule has 0 amide bonds. The van der Waals surface area contributed by atoms with Crippen LogP contribution in [0.4, 0.5) is 11.4 Å². The van der Waals surface area contributed by atoms with Crippen molar-refractivity contribution >= 4 is 41.2 Å². The number of carbonyl (C=O) groups excluding carboxylic acids is 3. The Morgan fingerprint density at radius 2 is 1.23 bits per heavy atom. The van der Waals surface area contributed by atoms with E-state index in [1.54, 1.807) is 12.1 Å². The molecule has 70 heavy (non-hydrogen) atoms. The number of benzene rings is 5. The van der Waals surface area contributed by atoms with Crippen molar-refractivity contribution in [2.75, 3.05) is 25.6 Å². The fourth-order valence-corrected chi connectivity index (χ4v) is 6.87. The van der Waals surface area contributed by atoms with E-state index in [9.17, 15) is 44.3 Å². The van der Waals surface area contributed by atoms with E-state index in [1.807, 2.05) is 30.3 Å². The van der Waals surface area contributed by atoms with Gasteiger partial charge in [0.05, 0.1) is 47.0 Å². The molecule has 0 aromatic heterocycles. The molecular weight excluding hydrogens is 901 g/mol. The van der Waals surface area contributed by atoms with E-state index in [1.165, 1.54) is 80.3 Å². The minimum Gasteiger partial charge on any atom is -0.494 e. The molecule has 0 heterocycles. The largest absolute Gasteiger partial charge is 0.494 e. The van der Waals surface area contributed by atoms with Crippen molar-refractivity contribution < 1.29 is 62.8 Å². The number of anilines is 1. The van der Waals surface area contributed by atoms with E-state index in [0.29, 0.717) is 29.9 Å². The predicted octanol–water partition coefficient (Wildman–Crippen LogP) is 11.7. The van der Waals surface area contributed by atoms with Crippen LogP contribution in [-0.4, -0.2) is 64.8 Å². The number of nitrogens with two attached hydrogens (primary N) is 1. The number of nitrogen functional groups attached to an aromatic ring is 1. The Bertz CT molecular complexity index is 2510. The number of esters is 3. The lowest BCUT2D eigenvalue weighted by molar-refractivity contribution is -0.385. The highest BCUT2D eigenvalue weighted by atomic mass is 16.6. The van der Waals surface area contributed by atoms with Gasteiger partial charge in [0.15, 0.2) is 5.75 Å². The Hall–Kier alpha value is -8.01. The number of nitro benzene ring substituents is 1. The first-order chi connectivity index (χ1) is 33.8. The topological polar surface area (TPSA) is 241 Å². The molecule has 0 atom stereocenters. The Kier molecular flexibility index (Phi) is 23.2. The maximum absolute atomic E-state index is 12.8. The monoisotopic (exact) mass is 960 g/mol. The Morgan fingerprint density at radius 3 is 1.83 bits per heavy atom. The maximum atomic E-state index is 12.8. The summed E-state index contributed by atoms with van der Waals surface area (Å²) >= 11 is 0. The molecule has 0 bridgehead atoms. The zero-order chi connectivity index (χ0) is 50.7. The molecule has 0 spiro atoms. The summed E-state index contributed by atoms with van der Waals surface area (Å²) < 4.78 is 26.9. The first kappa shape index (κ1) is 54.6. The number of rotatable bonds is 28. The van der Waals surface area contributed by atoms with E-state index in [4.69, 9.17) is 29.4 Å². The highest BCUT2D eigenvalue weighted by Gasteiger charge is 2.22. The predicted molar refractivity (Wildman–Crippen MR) is 263 cm³/mol. The lowest BCUT2D eigenvalue weighted by atomic mass is 10.0. The summed E-state index contributed by atoms with van der Waals surface area (Å²) in [6, 6.07) is 27.9. The van der Waals surface area contributed by atoms with E-state index in [2.05, 4.69) is 13.5 Å². The van der Waals surface area contributed by atoms with Crippen molar-refractivity contribution in [1.29, 1.82) is 0 Å². The molecule has 16 nitrogen and oxygen atoms in total. The lowest BCUT2D eigenvalue weighted by Gasteiger charge is -2.12. The van der Waals surface area contributed by atoms with Crippen LogP contribution in [0.15, 0.2) is 122 Å². The van der Waals surface area contributed by atoms with E-state index < -0.39 is 39.9 Å². The number of ether oxygens (including phenoxy) is 5. The Morgan fingerprint density at radius 1 is 0.629 bits per heavy atom. The number of carboxylic acid groups (broad SMARTS) is 2. The molecule has 5 aromatic rings. The van der Waals surface area contributed by atoms with Crippen molar-refractivity contribution in [2.45, 2.75) is 90.6 Å². The van der Waals surface area contributed by atoms with Crippen LogP contribution in [0.25, 0.3) is 11.1 Å². The summed E-state index contributed by atoms with van der Waals surface area (Å²) in [5.74, 6) is -3.54. The minimum atomic E-state index is -1.42. The molecule has 0 fully saturated rings. The highest BCUT2D eigenvalue weighted by Crippen LogP contribution is 2.37. The first-order valence-corrected chi connectivity index (χ1v) is 23.2. The van der Waals surface area contributed by atoms with Gasteiger partial charge in [-0.3, -0.25) is 10.1 Å². The average molecular weight is 961 g/mol. The van der Waals surface area contributed by atoms with Gasteiger partial charge in [-0.05, 0) is 85.0 Å². The van der Waals surface area contributed by atoms with Gasteiger partial charge < -0.3 is 39.6 Å². The van der Waals surface area contributed by atoms with Crippen LogP contribution in [0.3, 0.4) is 0 Å². The zero-order valence-corrected chi connectivity index (χ0v) is 39.3. The van der Waals surface area contributed by atoms with Crippen LogP contribution in [0.1, 0.15) is 131 Å². The normalized spacial score (nSPS) is 10.5. The minimum absolute atomic E-state index is 0.104. The maximum Gasteiger partial charge on any atom is 0.343 e. The number of aromatic carboxylic acids is 2. The molecule has 0 saturated carbocycles. The Labute approximate surface area is 407 Å². The Balaban J connectivity index is 0.000000445. The van der Waals surface area contributed by atoms with Crippen molar-refractivity contribution in [1.82, 2.24) is 0 Å². The van der Waals surface area contributed by atoms with Gasteiger partial charge in [0.25, 0.3) is 0 Å². The standard InChI is InChI=1S/C37H36N2O11.C17H24O3/c1-2-3-4-5-6-7-18-48-33-21-31(38)29(20-32(33)39(46)47)24-10-12-25(13-11-24)36(44)50-27-15-8-23(9-16-27)22-49-37(45)30-19-26(34(40)41)14-17-28(30)35(42)43;1-2-17(18)20-15-11-6-4-3-5-10-14-19-16-12-8-7-9-13-16/h8-17,19-21H,2-7,18,22,38H2,1H3,(H,40,41)(H,42,43);2,7-9,12-13H,1,3-6,10-11,14-15H2. The second-order valence-corrected chi connectivity index (χ2v) is 16.0. The van der Waals surface area contributed by atoms with Crippen molar-refractivity contribution in [3.8, 4) is 28.4 Å². The van der Waals surface area contributed by atoms with Crippen LogP contribution in [0.5, 0.6) is 17.2 Å². The molecule has 370 valence electrons. The second-order valence-electron chi connectivity index (χ2n) is 16.0. The van der Waals surface area contributed by atoms with Gasteiger partial charge >= 0.3 is 35.5 Å². The lowest BCUT2D eigenvalue weighted by Crippen LogP contribution is -2.13. The summed E-state index contributed by atoms with van der Waals surface area (Å²) in [4.78, 5) is 70.2. The number of nitro groups is 1. The fraction of sp³-hybridized carbons (Fsp3) is 0.315. The number of para-hydroxylation sites is 1. The third-order valence-electron chi connectivity index (χ3n) is 10.7. The number of unbranched alkanes of at least 4 members (excludes halogenated alkanes) is 10. The van der Waals surface area contributed by atoms with Crippen molar-refractivity contribution in [2.24, 2.45) is 0 Å². The van der Waals surface area contributed by atoms with Crippen LogP contribution in [0.2, 0.25) is 0 Å². The molecule has 0 aliphatic carbocycles. The number of hydrogen-bond acceptors (Lipinski definition) is 13. The molecule has 0 saturated heterocycles. The first-order valence-electron chi connectivity index (χ1n) is 23.2. The molecule has 0 aliphatic rings. The molecule has 0 radical (unpaired) electrons. The summed E-state index contributed by atoms with van der Waals surface area (Å²) in [6.07, 6.45) is 14.2. The zero-order valence-electron chi connectivity index (χ0n) is 39.3. The van der Waals surface area contributed by atoms with Gasteiger partial charge in [-0.25, -0.2) is 24.0 Å². The van der Waals surface area contributed by atoms with Gasteiger partial charge in [0.2, 0.25) is 0 Å². The molecule has 0 unspecified atom stereocenters. The summed E-state index contributed by atoms with van der Waals surface area (Å²) in [6.45, 7) is 6.86. The van der Waals surface area contributed by atoms with Crippen molar-refractivity contribution in [3.05, 3.63) is 160 Å². The summed E-state index contributed by atoms with van der Waals surface area (Å²) in [5, 5.41) is 30.3. The van der Waals surface area contributed by atoms with E-state index >= 15 is 0 Å². The molecule has 5 rings (SSSR count). The van der Waals surface area contributed by atoms with Gasteiger partial charge in [0.1, 0.15) is 18.1 Å². The van der Waals surface area contributed by atoms with Crippen molar-refractivity contribution in [3.63, 3.8) is 0 Å². The third kappa shape index (κ3) is 18.6. The van der Waals surface area contributed by atoms with E-state index in [-0.39, 0.29) is 46.6 Å². The van der Waals surface area contributed by atoms with Gasteiger partial charge in [-0.2, -0.15) is 0 Å². The SMILES string of the molecule is C=CC(=O)OCCCCCCCCOc1ccccc1.CCCCCCCCOc1cc(N)c(-c2ccc(C(=O)Oc3ccc(COC(=O)c4cc(C(=O)O)ccc4C(=O)O)cc3)cc2)cc1[N+](=O)[O-]. The van der Waals surface area contributed by atoms with Crippen LogP contribution >= 0.6 is 0 Å². The quantitative estimate of drug-likeness (QED) is 0.00803. The second kappa shape index (κ2) is 29.7. The van der Waals surface area contributed by atoms with Gasteiger partial charge in [0, 0.05) is 29.5 Å². The summed E-state index contributed by atoms with van der Waals surface area (Å²) in [5.41, 5.74) is 6.91. The number of carboxylic acids is 2.